The summed E-state index contributed by atoms with van der Waals surface area (Å²) in [5.41, 5.74) is 1.03. The van der Waals surface area contributed by atoms with Crippen molar-refractivity contribution < 1.29 is 34.3 Å². The minimum Gasteiger partial charge on any atom is -0.504 e. The smallest absolute Gasteiger partial charge is 0.160 e. The van der Waals surface area contributed by atoms with Crippen LogP contribution in [0.1, 0.15) is 23.3 Å². The number of hydrogen-bond donors (Lipinski definition) is 3. The fourth-order valence-electron chi connectivity index (χ4n) is 3.93. The Bertz CT molecular complexity index is 852. The maximum atomic E-state index is 10.1. The van der Waals surface area contributed by atoms with E-state index in [2.05, 4.69) is 0 Å². The number of benzene rings is 2. The van der Waals surface area contributed by atoms with Crippen molar-refractivity contribution >= 4 is 0 Å². The van der Waals surface area contributed by atoms with E-state index in [0.717, 1.165) is 11.1 Å². The summed E-state index contributed by atoms with van der Waals surface area (Å²) in [5, 5.41) is 29.7. The minimum atomic E-state index is -0.632. The number of hydrogen-bond acceptors (Lipinski definition) is 7. The molecule has 2 aromatic carbocycles. The molecule has 2 fully saturated rings. The molecule has 0 bridgehead atoms. The van der Waals surface area contributed by atoms with E-state index in [0.29, 0.717) is 18.1 Å². The second kappa shape index (κ2) is 6.60. The molecule has 2 heterocycles. The summed E-state index contributed by atoms with van der Waals surface area (Å²) < 4.78 is 22.4. The molecule has 0 aromatic heterocycles. The number of aliphatic hydroxyl groups excluding tert-OH is 1. The van der Waals surface area contributed by atoms with Gasteiger partial charge in [0.2, 0.25) is 0 Å². The fourth-order valence-corrected chi connectivity index (χ4v) is 3.93. The van der Waals surface area contributed by atoms with Gasteiger partial charge in [-0.3, -0.25) is 0 Å². The van der Waals surface area contributed by atoms with Gasteiger partial charge in [-0.15, -0.1) is 0 Å². The van der Waals surface area contributed by atoms with Gasteiger partial charge in [-0.1, -0.05) is 12.1 Å². The minimum absolute atomic E-state index is 0.0474. The Morgan fingerprint density at radius 3 is 2.19 bits per heavy atom. The topological polar surface area (TPSA) is 101 Å². The molecule has 0 amide bonds. The van der Waals surface area contributed by atoms with Crippen molar-refractivity contribution in [2.24, 2.45) is 5.92 Å². The molecule has 3 N–H and O–H groups in total. The van der Waals surface area contributed by atoms with Crippen molar-refractivity contribution in [1.29, 1.82) is 0 Å². The lowest BCUT2D eigenvalue weighted by molar-refractivity contribution is 0.0715. The third-order valence-electron chi connectivity index (χ3n) is 5.44. The van der Waals surface area contributed by atoms with Crippen molar-refractivity contribution in [3.05, 3.63) is 47.5 Å². The first-order valence-electron chi connectivity index (χ1n) is 8.68. The monoisotopic (exact) mass is 374 g/mol. The number of methoxy groups -OCH3 is 2. The molecule has 7 nitrogen and oxygen atoms in total. The van der Waals surface area contributed by atoms with E-state index < -0.39 is 5.60 Å². The summed E-state index contributed by atoms with van der Waals surface area (Å²) in [6, 6.07) is 10.1. The molecule has 0 unspecified atom stereocenters. The average Bonchev–Trinajstić information content (AvgIpc) is 3.28. The highest BCUT2D eigenvalue weighted by Crippen LogP contribution is 2.62. The Labute approximate surface area is 156 Å². The van der Waals surface area contributed by atoms with Gasteiger partial charge in [0.1, 0.15) is 11.7 Å². The van der Waals surface area contributed by atoms with Crippen LogP contribution in [0.4, 0.5) is 0 Å². The zero-order valence-corrected chi connectivity index (χ0v) is 15.1. The van der Waals surface area contributed by atoms with Gasteiger partial charge in [0.05, 0.1) is 33.5 Å². The van der Waals surface area contributed by atoms with Crippen LogP contribution in [0.5, 0.6) is 23.0 Å². The zero-order valence-electron chi connectivity index (χ0n) is 15.1. The zero-order chi connectivity index (χ0) is 19.2. The predicted octanol–water partition coefficient (Wildman–Crippen LogP) is 2.31. The maximum Gasteiger partial charge on any atom is 0.160 e. The van der Waals surface area contributed by atoms with Gasteiger partial charge in [-0.05, 0) is 35.4 Å². The van der Waals surface area contributed by atoms with E-state index >= 15 is 0 Å². The normalized spacial score (nSPS) is 29.1. The van der Waals surface area contributed by atoms with Crippen molar-refractivity contribution in [3.8, 4) is 23.0 Å². The lowest BCUT2D eigenvalue weighted by Gasteiger charge is -2.20. The van der Waals surface area contributed by atoms with Gasteiger partial charge in [0.25, 0.3) is 0 Å². The summed E-state index contributed by atoms with van der Waals surface area (Å²) >= 11 is 0. The van der Waals surface area contributed by atoms with Crippen LogP contribution >= 0.6 is 0 Å². The second-order valence-electron chi connectivity index (χ2n) is 6.84. The molecule has 0 aliphatic carbocycles. The highest BCUT2D eigenvalue weighted by molar-refractivity contribution is 5.46. The second-order valence-corrected chi connectivity index (χ2v) is 6.84. The van der Waals surface area contributed by atoms with E-state index in [1.165, 1.54) is 14.2 Å². The molecule has 7 heteroatoms. The van der Waals surface area contributed by atoms with Gasteiger partial charge in [0, 0.05) is 5.92 Å². The summed E-state index contributed by atoms with van der Waals surface area (Å²) in [6.07, 6.45) is -0.637. The molecular formula is C20H22O7. The third-order valence-corrected chi connectivity index (χ3v) is 5.44. The maximum absolute atomic E-state index is 10.1. The van der Waals surface area contributed by atoms with Crippen molar-refractivity contribution in [2.45, 2.75) is 17.8 Å². The lowest BCUT2D eigenvalue weighted by atomic mass is 9.84. The first-order valence-corrected chi connectivity index (χ1v) is 8.68. The first kappa shape index (κ1) is 17.9. The van der Waals surface area contributed by atoms with Crippen LogP contribution in [0.2, 0.25) is 0 Å². The Balaban J connectivity index is 1.61. The summed E-state index contributed by atoms with van der Waals surface area (Å²) in [4.78, 5) is 0. The number of phenolic OH excluding ortho intramolecular Hbond substituents is 2. The number of rotatable bonds is 5. The Morgan fingerprint density at radius 1 is 1.00 bits per heavy atom. The fraction of sp³-hybridized carbons (Fsp3) is 0.400. The molecule has 2 aromatic rings. The van der Waals surface area contributed by atoms with Crippen molar-refractivity contribution in [2.75, 3.05) is 27.4 Å². The molecule has 2 saturated heterocycles. The van der Waals surface area contributed by atoms with E-state index in [1.807, 2.05) is 0 Å². The third kappa shape index (κ3) is 2.79. The van der Waals surface area contributed by atoms with Gasteiger partial charge in [-0.2, -0.15) is 0 Å². The van der Waals surface area contributed by atoms with Crippen molar-refractivity contribution in [1.82, 2.24) is 0 Å². The highest BCUT2D eigenvalue weighted by atomic mass is 16.7. The molecule has 4 rings (SSSR count). The Hall–Kier alpha value is -2.48. The van der Waals surface area contributed by atoms with Crippen LogP contribution in [0.25, 0.3) is 0 Å². The molecule has 4 atom stereocenters. The number of aliphatic hydroxyl groups is 1. The molecule has 144 valence electrons. The molecule has 1 spiro atoms. The van der Waals surface area contributed by atoms with Gasteiger partial charge < -0.3 is 34.3 Å². The SMILES string of the molecule is COc1cc([C@@H]2OC[C@@]3(O[C@H]3c3ccc(O)c(OC)c3)[C@@H]2CO)ccc1O. The largest absolute Gasteiger partial charge is 0.504 e. The molecule has 27 heavy (non-hydrogen) atoms. The molecular weight excluding hydrogens is 352 g/mol. The summed E-state index contributed by atoms with van der Waals surface area (Å²) in [6.45, 7) is 0.222. The first-order chi connectivity index (χ1) is 13.0. The van der Waals surface area contributed by atoms with Gasteiger partial charge >= 0.3 is 0 Å². The standard InChI is InChI=1S/C20H22O7/c1-24-16-7-11(3-5-14(16)22)18-13(9-21)20(10-26-18)19(27-20)12-4-6-15(23)17(8-12)25-2/h3-8,13,18-19,21-23H,9-10H2,1-2H3/t13-,18+,19+,20-/m1/s1. The summed E-state index contributed by atoms with van der Waals surface area (Å²) in [5.74, 6) is 0.553. The molecule has 0 saturated carbocycles. The van der Waals surface area contributed by atoms with Crippen LogP contribution in [0, 0.1) is 5.92 Å². The van der Waals surface area contributed by atoms with Gasteiger partial charge in [0.15, 0.2) is 23.0 Å². The number of epoxide rings is 1. The Morgan fingerprint density at radius 2 is 1.59 bits per heavy atom. The summed E-state index contributed by atoms with van der Waals surface area (Å²) in [7, 11) is 2.98. The Kier molecular flexibility index (Phi) is 4.38. The average molecular weight is 374 g/mol. The molecule has 2 aliphatic rings. The number of phenols is 2. The molecule has 2 aliphatic heterocycles. The lowest BCUT2D eigenvalue weighted by Crippen LogP contribution is -2.27. The van der Waals surface area contributed by atoms with Crippen LogP contribution in [0.15, 0.2) is 36.4 Å². The van der Waals surface area contributed by atoms with E-state index in [4.69, 9.17) is 18.9 Å². The van der Waals surface area contributed by atoms with E-state index in [-0.39, 0.29) is 36.2 Å². The highest BCUT2D eigenvalue weighted by Gasteiger charge is 2.67. The van der Waals surface area contributed by atoms with Crippen LogP contribution in [-0.2, 0) is 9.47 Å². The van der Waals surface area contributed by atoms with E-state index in [9.17, 15) is 15.3 Å². The number of aromatic hydroxyl groups is 2. The van der Waals surface area contributed by atoms with E-state index in [1.54, 1.807) is 36.4 Å². The quantitative estimate of drug-likeness (QED) is 0.691. The van der Waals surface area contributed by atoms with Gasteiger partial charge in [-0.25, -0.2) is 0 Å². The number of ether oxygens (including phenoxy) is 4. The van der Waals surface area contributed by atoms with Crippen molar-refractivity contribution in [3.63, 3.8) is 0 Å². The van der Waals surface area contributed by atoms with Crippen LogP contribution in [-0.4, -0.2) is 48.4 Å². The van der Waals surface area contributed by atoms with Crippen LogP contribution in [0.3, 0.4) is 0 Å². The molecule has 0 radical (unpaired) electrons. The predicted molar refractivity (Wildman–Crippen MR) is 95.1 cm³/mol. The van der Waals surface area contributed by atoms with Crippen LogP contribution < -0.4 is 9.47 Å².